The lowest BCUT2D eigenvalue weighted by molar-refractivity contribution is -0.142. The van der Waals surface area contributed by atoms with Gasteiger partial charge in [-0.05, 0) is 54.8 Å². The van der Waals surface area contributed by atoms with Crippen LogP contribution in [-0.4, -0.2) is 55.0 Å². The Bertz CT molecular complexity index is 1680. The number of aliphatic hydroxyl groups is 2. The molecule has 0 bridgehead atoms. The number of aliphatic carboxylic acids is 1. The second kappa shape index (κ2) is 14.1. The van der Waals surface area contributed by atoms with Crippen LogP contribution in [0.15, 0.2) is 91.5 Å². The minimum Gasteiger partial charge on any atom is -0.481 e. The molecule has 0 aliphatic carbocycles. The average molecular weight is 615 g/mol. The highest BCUT2D eigenvalue weighted by Crippen LogP contribution is 2.46. The molecular formula is C35H35FN2O7. The zero-order chi connectivity index (χ0) is 32.8. The Morgan fingerprint density at radius 3 is 2.02 bits per heavy atom. The van der Waals surface area contributed by atoms with Gasteiger partial charge in [0, 0.05) is 35.8 Å². The van der Waals surface area contributed by atoms with Gasteiger partial charge in [-0.2, -0.15) is 0 Å². The Labute approximate surface area is 259 Å². The minimum atomic E-state index is -1.60. The molecule has 1 aromatic heterocycles. The van der Waals surface area contributed by atoms with Gasteiger partial charge in [0.05, 0.1) is 17.8 Å². The Balaban J connectivity index is 2.01. The van der Waals surface area contributed by atoms with Crippen molar-refractivity contribution in [3.63, 3.8) is 0 Å². The van der Waals surface area contributed by atoms with Gasteiger partial charge >= 0.3 is 11.9 Å². The first-order chi connectivity index (χ1) is 21.4. The Morgan fingerprint density at radius 2 is 1.49 bits per heavy atom. The number of aromatic nitrogens is 1. The number of nitrogens with zero attached hydrogens (tertiary/aromatic N) is 1. The summed E-state index contributed by atoms with van der Waals surface area (Å²) >= 11 is 0. The van der Waals surface area contributed by atoms with E-state index in [0.29, 0.717) is 27.8 Å². The van der Waals surface area contributed by atoms with Gasteiger partial charge in [-0.3, -0.25) is 9.59 Å². The van der Waals surface area contributed by atoms with Gasteiger partial charge in [-0.25, -0.2) is 9.18 Å². The van der Waals surface area contributed by atoms with E-state index >= 15 is 0 Å². The number of hydrogen-bond donors (Lipinski definition) is 5. The molecule has 3 unspecified atom stereocenters. The third-order valence-electron chi connectivity index (χ3n) is 7.52. The number of nitrogens with one attached hydrogen (secondary N) is 1. The van der Waals surface area contributed by atoms with Gasteiger partial charge in [0.15, 0.2) is 0 Å². The number of aromatic carboxylic acids is 1. The number of halogens is 1. The van der Waals surface area contributed by atoms with E-state index in [0.717, 1.165) is 0 Å². The Morgan fingerprint density at radius 1 is 0.889 bits per heavy atom. The summed E-state index contributed by atoms with van der Waals surface area (Å²) in [4.78, 5) is 38.4. The highest BCUT2D eigenvalue weighted by molar-refractivity contribution is 6.06. The van der Waals surface area contributed by atoms with Crippen molar-refractivity contribution < 1.29 is 39.2 Å². The van der Waals surface area contributed by atoms with Crippen molar-refractivity contribution >= 4 is 17.8 Å². The van der Waals surface area contributed by atoms with Crippen molar-refractivity contribution in [3.8, 4) is 22.3 Å². The van der Waals surface area contributed by atoms with Crippen LogP contribution in [0.25, 0.3) is 22.3 Å². The summed E-state index contributed by atoms with van der Waals surface area (Å²) in [6, 6.07) is 19.8. The molecule has 9 nitrogen and oxygen atoms in total. The van der Waals surface area contributed by atoms with Crippen LogP contribution in [0.2, 0.25) is 0 Å². The maximum absolute atomic E-state index is 14.2. The number of carboxylic acids is 2. The summed E-state index contributed by atoms with van der Waals surface area (Å²) in [6.45, 7) is 7.11. The van der Waals surface area contributed by atoms with Crippen molar-refractivity contribution in [1.29, 1.82) is 0 Å². The summed E-state index contributed by atoms with van der Waals surface area (Å²) in [5.74, 6) is -5.13. The number of benzene rings is 3. The topological polar surface area (TPSA) is 149 Å². The van der Waals surface area contributed by atoms with Crippen LogP contribution in [0.5, 0.6) is 0 Å². The average Bonchev–Trinajstić information content (AvgIpc) is 3.36. The normalized spacial score (nSPS) is 13.2. The van der Waals surface area contributed by atoms with E-state index in [9.17, 15) is 39.2 Å². The van der Waals surface area contributed by atoms with Crippen molar-refractivity contribution in [2.45, 2.75) is 51.0 Å². The molecule has 234 valence electrons. The van der Waals surface area contributed by atoms with E-state index in [1.165, 1.54) is 42.5 Å². The first kappa shape index (κ1) is 32.8. The molecule has 0 aliphatic heterocycles. The first-order valence-electron chi connectivity index (χ1n) is 14.4. The Kier molecular flexibility index (Phi) is 10.3. The molecule has 45 heavy (non-hydrogen) atoms. The molecule has 0 radical (unpaired) electrons. The number of carbonyl (C=O) groups is 3. The van der Waals surface area contributed by atoms with Crippen LogP contribution < -0.4 is 5.32 Å². The quantitative estimate of drug-likeness (QED) is 0.122. The second-order valence-corrected chi connectivity index (χ2v) is 10.9. The molecule has 10 heteroatoms. The summed E-state index contributed by atoms with van der Waals surface area (Å²) < 4.78 is 15.7. The van der Waals surface area contributed by atoms with Crippen LogP contribution in [0, 0.1) is 5.82 Å². The third kappa shape index (κ3) is 7.19. The van der Waals surface area contributed by atoms with E-state index in [1.807, 2.05) is 0 Å². The summed E-state index contributed by atoms with van der Waals surface area (Å²) in [7, 11) is 0. The van der Waals surface area contributed by atoms with Gasteiger partial charge in [-0.1, -0.05) is 60.7 Å². The van der Waals surface area contributed by atoms with E-state index < -0.39 is 47.8 Å². The van der Waals surface area contributed by atoms with E-state index in [-0.39, 0.29) is 29.9 Å². The SMILES string of the molecule is C=CC(O)CC(O)C(C(=O)O)c1c(-c2ccc(F)cc2)c(-c2ccccc2)c(C(=O)NCc2ccc(C(=O)O)cc2)n1C(C)C. The number of rotatable bonds is 13. The molecule has 3 aromatic carbocycles. The minimum absolute atomic E-state index is 0.0357. The summed E-state index contributed by atoms with van der Waals surface area (Å²) in [6.07, 6.45) is -1.92. The molecule has 4 aromatic rings. The van der Waals surface area contributed by atoms with Crippen molar-refractivity contribution in [1.82, 2.24) is 9.88 Å². The molecule has 0 aliphatic rings. The molecule has 0 saturated carbocycles. The van der Waals surface area contributed by atoms with Crippen LogP contribution in [-0.2, 0) is 11.3 Å². The van der Waals surface area contributed by atoms with Crippen LogP contribution in [0.4, 0.5) is 4.39 Å². The van der Waals surface area contributed by atoms with Crippen molar-refractivity contribution in [3.05, 3.63) is 120 Å². The van der Waals surface area contributed by atoms with Crippen LogP contribution in [0.1, 0.15) is 64.3 Å². The fourth-order valence-electron chi connectivity index (χ4n) is 5.44. The van der Waals surface area contributed by atoms with Gasteiger partial charge in [-0.15, -0.1) is 6.58 Å². The maximum atomic E-state index is 14.2. The van der Waals surface area contributed by atoms with Gasteiger partial charge < -0.3 is 30.3 Å². The highest BCUT2D eigenvalue weighted by atomic mass is 19.1. The lowest BCUT2D eigenvalue weighted by Gasteiger charge is -2.26. The van der Waals surface area contributed by atoms with Gasteiger partial charge in [0.1, 0.15) is 17.4 Å². The maximum Gasteiger partial charge on any atom is 0.335 e. The highest BCUT2D eigenvalue weighted by Gasteiger charge is 2.40. The van der Waals surface area contributed by atoms with Gasteiger partial charge in [0.25, 0.3) is 5.91 Å². The largest absolute Gasteiger partial charge is 0.481 e. The summed E-state index contributed by atoms with van der Waals surface area (Å²) in [5.41, 5.74) is 2.67. The number of amides is 1. The Hall–Kier alpha value is -5.06. The standard InChI is InChI=1S/C35H35FN2O7/c1-4-26(39)18-27(40)30(35(44)45)31-28(23-14-16-25(36)17-15-23)29(22-8-6-5-7-9-22)32(38(31)20(2)3)33(41)37-19-21-10-12-24(13-11-21)34(42)43/h4-17,20,26-27,30,39-40H,1,18-19H2,2-3H3,(H,37,41)(H,42,43)(H,44,45). The number of aliphatic hydroxyl groups excluding tert-OH is 2. The van der Waals surface area contributed by atoms with E-state index in [4.69, 9.17) is 0 Å². The fraction of sp³-hybridized carbons (Fsp3) is 0.229. The monoisotopic (exact) mass is 614 g/mol. The molecule has 0 fully saturated rings. The zero-order valence-corrected chi connectivity index (χ0v) is 24.9. The molecule has 5 N–H and O–H groups in total. The lowest BCUT2D eigenvalue weighted by atomic mass is 9.87. The molecule has 0 saturated heterocycles. The molecule has 0 spiro atoms. The van der Waals surface area contributed by atoms with Gasteiger partial charge in [0.2, 0.25) is 0 Å². The fourth-order valence-corrected chi connectivity index (χ4v) is 5.44. The number of carbonyl (C=O) groups excluding carboxylic acids is 1. The third-order valence-corrected chi connectivity index (χ3v) is 7.52. The van der Waals surface area contributed by atoms with E-state index in [2.05, 4.69) is 11.9 Å². The van der Waals surface area contributed by atoms with Crippen molar-refractivity contribution in [2.75, 3.05) is 0 Å². The summed E-state index contributed by atoms with van der Waals surface area (Å²) in [5, 5.41) is 44.1. The van der Waals surface area contributed by atoms with Crippen LogP contribution in [0.3, 0.4) is 0 Å². The smallest absolute Gasteiger partial charge is 0.335 e. The lowest BCUT2D eigenvalue weighted by Crippen LogP contribution is -2.33. The molecule has 1 heterocycles. The first-order valence-corrected chi connectivity index (χ1v) is 14.4. The molecule has 1 amide bonds. The van der Waals surface area contributed by atoms with Crippen molar-refractivity contribution in [2.24, 2.45) is 0 Å². The number of carboxylic acid groups (broad SMARTS) is 2. The second-order valence-electron chi connectivity index (χ2n) is 10.9. The van der Waals surface area contributed by atoms with E-state index in [1.54, 1.807) is 60.9 Å². The molecular weight excluding hydrogens is 579 g/mol. The van der Waals surface area contributed by atoms with Crippen LogP contribution >= 0.6 is 0 Å². The molecule has 3 atom stereocenters. The molecule has 4 rings (SSSR count). The predicted octanol–water partition coefficient (Wildman–Crippen LogP) is 5.64. The zero-order valence-electron chi connectivity index (χ0n) is 24.9. The number of hydrogen-bond acceptors (Lipinski definition) is 5. The predicted molar refractivity (Wildman–Crippen MR) is 167 cm³/mol.